The summed E-state index contributed by atoms with van der Waals surface area (Å²) in [6.45, 7) is 1.38. The maximum Gasteiger partial charge on any atom is 0.305 e. The van der Waals surface area contributed by atoms with Gasteiger partial charge in [0.25, 0.3) is 5.91 Å². The number of aromatic amines is 1. The van der Waals surface area contributed by atoms with Gasteiger partial charge in [0.1, 0.15) is 5.69 Å². The first-order valence-electron chi connectivity index (χ1n) is 7.94. The Hall–Kier alpha value is -1.86. The highest BCUT2D eigenvalue weighted by atomic mass is 79.9. The molecule has 0 aliphatic carbocycles. The van der Waals surface area contributed by atoms with Crippen LogP contribution in [-0.2, 0) is 9.53 Å². The molecule has 0 spiro atoms. The van der Waals surface area contributed by atoms with Crippen molar-refractivity contribution in [1.29, 1.82) is 0 Å². The minimum Gasteiger partial charge on any atom is -0.481 e. The van der Waals surface area contributed by atoms with Crippen LogP contribution in [0.15, 0.2) is 28.7 Å². The average molecular weight is 395 g/mol. The normalized spacial score (nSPS) is 15.5. The number of fused-ring (bicyclic) bond motifs is 1. The van der Waals surface area contributed by atoms with Crippen molar-refractivity contribution in [3.8, 4) is 0 Å². The zero-order valence-corrected chi connectivity index (χ0v) is 14.7. The number of halogens is 1. The summed E-state index contributed by atoms with van der Waals surface area (Å²) in [6.07, 6.45) is 1.38. The standard InChI is InChI=1S/C17H19BrN2O4/c18-15-12-3-1-2-4-13(12)19-16(15)17(23)20(8-5-14(21)22)11-6-9-24-10-7-11/h1-4,11,19H,5-10H2,(H,21,22). The monoisotopic (exact) mass is 394 g/mol. The lowest BCUT2D eigenvalue weighted by molar-refractivity contribution is -0.137. The van der Waals surface area contributed by atoms with Gasteiger partial charge < -0.3 is 19.7 Å². The van der Waals surface area contributed by atoms with Crippen LogP contribution < -0.4 is 0 Å². The lowest BCUT2D eigenvalue weighted by Gasteiger charge is -2.34. The molecule has 6 nitrogen and oxygen atoms in total. The maximum atomic E-state index is 13.1. The topological polar surface area (TPSA) is 82.6 Å². The molecule has 0 saturated carbocycles. The Morgan fingerprint density at radius 3 is 2.67 bits per heavy atom. The highest BCUT2D eigenvalue weighted by molar-refractivity contribution is 9.10. The third-order valence-electron chi connectivity index (χ3n) is 4.32. The molecule has 2 aromatic rings. The number of carboxylic acid groups (broad SMARTS) is 1. The van der Waals surface area contributed by atoms with E-state index in [1.807, 2.05) is 24.3 Å². The molecular formula is C17H19BrN2O4. The molecule has 1 aliphatic rings. The minimum atomic E-state index is -0.907. The molecule has 1 amide bonds. The molecular weight excluding hydrogens is 376 g/mol. The van der Waals surface area contributed by atoms with Gasteiger partial charge in [-0.1, -0.05) is 18.2 Å². The number of para-hydroxylation sites is 1. The highest BCUT2D eigenvalue weighted by Crippen LogP contribution is 2.29. The van der Waals surface area contributed by atoms with Gasteiger partial charge in [0.2, 0.25) is 0 Å². The van der Waals surface area contributed by atoms with Crippen molar-refractivity contribution in [3.05, 3.63) is 34.4 Å². The first-order chi connectivity index (χ1) is 11.6. The van der Waals surface area contributed by atoms with Crippen molar-refractivity contribution < 1.29 is 19.4 Å². The number of aliphatic carboxylic acids is 1. The van der Waals surface area contributed by atoms with Crippen molar-refractivity contribution in [2.45, 2.75) is 25.3 Å². The average Bonchev–Trinajstić information content (AvgIpc) is 2.93. The number of carboxylic acids is 1. The Labute approximate surface area is 147 Å². The second-order valence-electron chi connectivity index (χ2n) is 5.85. The first-order valence-corrected chi connectivity index (χ1v) is 8.74. The van der Waals surface area contributed by atoms with Crippen LogP contribution in [0.1, 0.15) is 29.8 Å². The summed E-state index contributed by atoms with van der Waals surface area (Å²) >= 11 is 3.51. The molecule has 3 rings (SSSR count). The van der Waals surface area contributed by atoms with Gasteiger partial charge in [0.05, 0.1) is 10.9 Å². The van der Waals surface area contributed by atoms with E-state index in [1.54, 1.807) is 4.90 Å². The van der Waals surface area contributed by atoms with E-state index >= 15 is 0 Å². The molecule has 0 unspecified atom stereocenters. The van der Waals surface area contributed by atoms with Crippen molar-refractivity contribution in [2.75, 3.05) is 19.8 Å². The predicted molar refractivity (Wildman–Crippen MR) is 93.1 cm³/mol. The van der Waals surface area contributed by atoms with Crippen LogP contribution in [0.4, 0.5) is 0 Å². The summed E-state index contributed by atoms with van der Waals surface area (Å²) in [5.41, 5.74) is 1.34. The van der Waals surface area contributed by atoms with Crippen LogP contribution in [0.5, 0.6) is 0 Å². The van der Waals surface area contributed by atoms with Crippen LogP contribution in [-0.4, -0.2) is 52.7 Å². The van der Waals surface area contributed by atoms with Crippen LogP contribution in [0.3, 0.4) is 0 Å². The molecule has 0 radical (unpaired) electrons. The molecule has 2 heterocycles. The van der Waals surface area contributed by atoms with E-state index in [2.05, 4.69) is 20.9 Å². The Kier molecular flexibility index (Phi) is 5.20. The Morgan fingerprint density at radius 1 is 1.29 bits per heavy atom. The van der Waals surface area contributed by atoms with E-state index in [0.29, 0.717) is 18.9 Å². The molecule has 2 N–H and O–H groups in total. The highest BCUT2D eigenvalue weighted by Gasteiger charge is 2.29. The Balaban J connectivity index is 1.90. The molecule has 1 aromatic heterocycles. The third-order valence-corrected chi connectivity index (χ3v) is 5.14. The van der Waals surface area contributed by atoms with Crippen molar-refractivity contribution >= 4 is 38.7 Å². The molecule has 1 saturated heterocycles. The first kappa shape index (κ1) is 17.0. The number of H-pyrrole nitrogens is 1. The van der Waals surface area contributed by atoms with Gasteiger partial charge in [0.15, 0.2) is 0 Å². The number of ether oxygens (including phenoxy) is 1. The lowest BCUT2D eigenvalue weighted by atomic mass is 10.1. The van der Waals surface area contributed by atoms with Crippen molar-refractivity contribution in [3.63, 3.8) is 0 Å². The maximum absolute atomic E-state index is 13.1. The quantitative estimate of drug-likeness (QED) is 0.816. The number of rotatable bonds is 5. The number of amides is 1. The summed E-state index contributed by atoms with van der Waals surface area (Å²) in [5, 5.41) is 9.94. The molecule has 24 heavy (non-hydrogen) atoms. The van der Waals surface area contributed by atoms with E-state index in [-0.39, 0.29) is 24.9 Å². The molecule has 128 valence electrons. The number of aromatic nitrogens is 1. The Bertz CT molecular complexity index is 752. The number of carbonyl (C=O) groups excluding carboxylic acids is 1. The number of hydrogen-bond acceptors (Lipinski definition) is 3. The zero-order chi connectivity index (χ0) is 17.1. The molecule has 1 aromatic carbocycles. The van der Waals surface area contributed by atoms with Crippen molar-refractivity contribution in [1.82, 2.24) is 9.88 Å². The molecule has 1 aliphatic heterocycles. The van der Waals surface area contributed by atoms with E-state index in [9.17, 15) is 9.59 Å². The predicted octanol–water partition coefficient (Wildman–Crippen LogP) is 3.03. The number of nitrogens with one attached hydrogen (secondary N) is 1. The second-order valence-corrected chi connectivity index (χ2v) is 6.64. The number of nitrogens with zero attached hydrogens (tertiary/aromatic N) is 1. The van der Waals surface area contributed by atoms with E-state index < -0.39 is 5.97 Å². The fourth-order valence-corrected chi connectivity index (χ4v) is 3.68. The number of hydrogen-bond donors (Lipinski definition) is 2. The van der Waals surface area contributed by atoms with Gasteiger partial charge in [-0.25, -0.2) is 0 Å². The smallest absolute Gasteiger partial charge is 0.305 e. The van der Waals surface area contributed by atoms with Gasteiger partial charge in [0, 0.05) is 36.7 Å². The third kappa shape index (κ3) is 3.47. The Morgan fingerprint density at radius 2 is 2.00 bits per heavy atom. The second kappa shape index (κ2) is 7.36. The van der Waals surface area contributed by atoms with Gasteiger partial charge in [-0.15, -0.1) is 0 Å². The fourth-order valence-electron chi connectivity index (χ4n) is 3.06. The summed E-state index contributed by atoms with van der Waals surface area (Å²) < 4.78 is 6.08. The van der Waals surface area contributed by atoms with Gasteiger partial charge >= 0.3 is 5.97 Å². The molecule has 0 atom stereocenters. The van der Waals surface area contributed by atoms with Crippen LogP contribution in [0.2, 0.25) is 0 Å². The van der Waals surface area contributed by atoms with Gasteiger partial charge in [-0.3, -0.25) is 9.59 Å². The summed E-state index contributed by atoms with van der Waals surface area (Å²) in [4.78, 5) is 28.9. The molecule has 7 heteroatoms. The molecule has 0 bridgehead atoms. The van der Waals surface area contributed by atoms with E-state index in [1.165, 1.54) is 0 Å². The van der Waals surface area contributed by atoms with Crippen LogP contribution >= 0.6 is 15.9 Å². The van der Waals surface area contributed by atoms with Crippen LogP contribution in [0.25, 0.3) is 10.9 Å². The summed E-state index contributed by atoms with van der Waals surface area (Å²) in [5.74, 6) is -1.08. The number of carbonyl (C=O) groups is 2. The number of benzene rings is 1. The van der Waals surface area contributed by atoms with Crippen molar-refractivity contribution in [2.24, 2.45) is 0 Å². The fraction of sp³-hybridized carbons (Fsp3) is 0.412. The summed E-state index contributed by atoms with van der Waals surface area (Å²) in [7, 11) is 0. The SMILES string of the molecule is O=C(O)CCN(C(=O)c1[nH]c2ccccc2c1Br)C1CCOCC1. The lowest BCUT2D eigenvalue weighted by Crippen LogP contribution is -2.44. The zero-order valence-electron chi connectivity index (χ0n) is 13.1. The minimum absolute atomic E-state index is 0.00362. The van der Waals surface area contributed by atoms with E-state index in [4.69, 9.17) is 9.84 Å². The summed E-state index contributed by atoms with van der Waals surface area (Å²) in [6, 6.07) is 7.66. The van der Waals surface area contributed by atoms with E-state index in [0.717, 1.165) is 28.2 Å². The van der Waals surface area contributed by atoms with Gasteiger partial charge in [-0.05, 0) is 34.8 Å². The van der Waals surface area contributed by atoms with Gasteiger partial charge in [-0.2, -0.15) is 0 Å². The molecule has 1 fully saturated rings. The van der Waals surface area contributed by atoms with Crippen LogP contribution in [0, 0.1) is 0 Å². The largest absolute Gasteiger partial charge is 0.481 e.